The zero-order valence-electron chi connectivity index (χ0n) is 10.7. The molecule has 1 aromatic heterocycles. The van der Waals surface area contributed by atoms with E-state index in [1.165, 1.54) is 16.8 Å². The van der Waals surface area contributed by atoms with Crippen LogP contribution in [-0.2, 0) is 6.42 Å². The summed E-state index contributed by atoms with van der Waals surface area (Å²) in [7, 11) is 0. The first-order valence-corrected chi connectivity index (χ1v) is 6.32. The first kappa shape index (κ1) is 13.7. The van der Waals surface area contributed by atoms with Crippen molar-refractivity contribution in [2.24, 2.45) is 5.92 Å². The molecule has 0 fully saturated rings. The van der Waals surface area contributed by atoms with E-state index in [9.17, 15) is 9.18 Å². The number of H-pyrrole nitrogens is 1. The normalized spacial score (nSPS) is 11.2. The zero-order valence-corrected chi connectivity index (χ0v) is 11.5. The van der Waals surface area contributed by atoms with E-state index in [4.69, 9.17) is 17.3 Å². The van der Waals surface area contributed by atoms with Crippen LogP contribution < -0.4 is 11.3 Å². The van der Waals surface area contributed by atoms with E-state index in [0.717, 1.165) is 0 Å². The van der Waals surface area contributed by atoms with Crippen LogP contribution in [0.4, 0.5) is 10.1 Å². The van der Waals surface area contributed by atoms with Gasteiger partial charge in [0, 0.05) is 6.07 Å². The van der Waals surface area contributed by atoms with Gasteiger partial charge < -0.3 is 5.73 Å². The third-order valence-corrected chi connectivity index (χ3v) is 3.09. The van der Waals surface area contributed by atoms with E-state index in [1.807, 2.05) is 13.8 Å². The number of halogens is 2. The lowest BCUT2D eigenvalue weighted by Gasteiger charge is -2.04. The monoisotopic (exact) mass is 283 g/mol. The molecule has 4 nitrogen and oxygen atoms in total. The number of hydrogen-bond donors (Lipinski definition) is 2. The van der Waals surface area contributed by atoms with Gasteiger partial charge in [0.05, 0.1) is 16.4 Å². The summed E-state index contributed by atoms with van der Waals surface area (Å²) in [6.45, 7) is 4.05. The Kier molecular flexibility index (Phi) is 3.66. The van der Waals surface area contributed by atoms with Gasteiger partial charge in [-0.25, -0.2) is 9.07 Å². The predicted octanol–water partition coefficient (Wildman–Crippen LogP) is 2.74. The Bertz CT molecular complexity index is 660. The van der Waals surface area contributed by atoms with E-state index in [-0.39, 0.29) is 16.3 Å². The van der Waals surface area contributed by atoms with Gasteiger partial charge >= 0.3 is 0 Å². The van der Waals surface area contributed by atoms with E-state index in [2.05, 4.69) is 5.10 Å². The van der Waals surface area contributed by atoms with Crippen molar-refractivity contribution < 1.29 is 4.39 Å². The molecular formula is C13H15ClFN3O. The highest BCUT2D eigenvalue weighted by Gasteiger charge is 2.14. The highest BCUT2D eigenvalue weighted by atomic mass is 35.5. The second-order valence-corrected chi connectivity index (χ2v) is 5.25. The average molecular weight is 284 g/mol. The van der Waals surface area contributed by atoms with Gasteiger partial charge in [0.1, 0.15) is 11.5 Å². The van der Waals surface area contributed by atoms with Crippen molar-refractivity contribution in [2.45, 2.75) is 20.3 Å². The molecule has 0 spiro atoms. The van der Waals surface area contributed by atoms with Crippen LogP contribution >= 0.6 is 11.6 Å². The number of aromatic nitrogens is 2. The predicted molar refractivity (Wildman–Crippen MR) is 74.3 cm³/mol. The van der Waals surface area contributed by atoms with Crippen LogP contribution in [0.15, 0.2) is 23.0 Å². The summed E-state index contributed by atoms with van der Waals surface area (Å²) < 4.78 is 14.7. The Hall–Kier alpha value is -1.75. The molecule has 0 atom stereocenters. The van der Waals surface area contributed by atoms with Crippen molar-refractivity contribution in [1.29, 1.82) is 0 Å². The van der Waals surface area contributed by atoms with Crippen LogP contribution in [0.2, 0.25) is 5.02 Å². The number of nitrogen functional groups attached to an aromatic ring is 1. The standard InChI is InChI=1S/C13H15ClFN3O/c1-7(2)5-11-12(16)13(19)18(17-11)8-3-4-9(14)10(15)6-8/h3-4,6-7,17H,5,16H2,1-2H3. The molecule has 0 unspecified atom stereocenters. The lowest BCUT2D eigenvalue weighted by molar-refractivity contribution is 0.620. The summed E-state index contributed by atoms with van der Waals surface area (Å²) in [5.74, 6) is -0.222. The minimum Gasteiger partial charge on any atom is -0.393 e. The third-order valence-electron chi connectivity index (χ3n) is 2.78. The van der Waals surface area contributed by atoms with Crippen molar-refractivity contribution >= 4 is 17.3 Å². The van der Waals surface area contributed by atoms with Gasteiger partial charge in [0.2, 0.25) is 0 Å². The fraction of sp³-hybridized carbons (Fsp3) is 0.308. The molecule has 0 saturated carbocycles. The highest BCUT2D eigenvalue weighted by Crippen LogP contribution is 2.18. The van der Waals surface area contributed by atoms with Crippen LogP contribution in [0.5, 0.6) is 0 Å². The maximum absolute atomic E-state index is 13.4. The van der Waals surface area contributed by atoms with Gasteiger partial charge in [-0.3, -0.25) is 9.89 Å². The molecule has 2 rings (SSSR count). The summed E-state index contributed by atoms with van der Waals surface area (Å²) in [6, 6.07) is 4.15. The second-order valence-electron chi connectivity index (χ2n) is 4.84. The van der Waals surface area contributed by atoms with Gasteiger partial charge in [-0.2, -0.15) is 0 Å². The van der Waals surface area contributed by atoms with Crippen LogP contribution in [0, 0.1) is 11.7 Å². The fourth-order valence-electron chi connectivity index (χ4n) is 1.87. The molecular weight excluding hydrogens is 269 g/mol. The second kappa shape index (κ2) is 5.09. The number of anilines is 1. The van der Waals surface area contributed by atoms with Crippen molar-refractivity contribution in [1.82, 2.24) is 9.78 Å². The Balaban J connectivity index is 2.51. The molecule has 19 heavy (non-hydrogen) atoms. The van der Waals surface area contributed by atoms with E-state index in [1.54, 1.807) is 6.07 Å². The van der Waals surface area contributed by atoms with Crippen LogP contribution in [-0.4, -0.2) is 9.78 Å². The number of benzene rings is 1. The van der Waals surface area contributed by atoms with Crippen molar-refractivity contribution in [3.05, 3.63) is 45.1 Å². The van der Waals surface area contributed by atoms with Gasteiger partial charge in [-0.15, -0.1) is 0 Å². The maximum Gasteiger partial charge on any atom is 0.294 e. The fourth-order valence-corrected chi connectivity index (χ4v) is 1.98. The van der Waals surface area contributed by atoms with Crippen LogP contribution in [0.25, 0.3) is 5.69 Å². The molecule has 0 amide bonds. The summed E-state index contributed by atoms with van der Waals surface area (Å²) in [5.41, 5.74) is 6.60. The molecule has 102 valence electrons. The highest BCUT2D eigenvalue weighted by molar-refractivity contribution is 6.30. The Morgan fingerprint density at radius 2 is 2.16 bits per heavy atom. The van der Waals surface area contributed by atoms with E-state index >= 15 is 0 Å². The molecule has 1 aromatic carbocycles. The third kappa shape index (κ3) is 2.66. The molecule has 6 heteroatoms. The summed E-state index contributed by atoms with van der Waals surface area (Å²) in [4.78, 5) is 12.0. The number of nitrogens with two attached hydrogens (primary N) is 1. The largest absolute Gasteiger partial charge is 0.393 e. The molecule has 0 radical (unpaired) electrons. The summed E-state index contributed by atoms with van der Waals surface area (Å²) >= 11 is 5.62. The number of aromatic amines is 1. The zero-order chi connectivity index (χ0) is 14.2. The van der Waals surface area contributed by atoms with Gasteiger partial charge in [-0.1, -0.05) is 25.4 Å². The number of nitrogens with zero attached hydrogens (tertiary/aromatic N) is 1. The summed E-state index contributed by atoms with van der Waals surface area (Å²) in [5, 5.41) is 2.93. The molecule has 0 bridgehead atoms. The molecule has 2 aromatic rings. The first-order valence-electron chi connectivity index (χ1n) is 5.95. The number of nitrogens with one attached hydrogen (secondary N) is 1. The van der Waals surface area contributed by atoms with Crippen molar-refractivity contribution in [3.63, 3.8) is 0 Å². The van der Waals surface area contributed by atoms with Gasteiger partial charge in [0.15, 0.2) is 0 Å². The van der Waals surface area contributed by atoms with Crippen molar-refractivity contribution in [3.8, 4) is 5.69 Å². The maximum atomic E-state index is 13.4. The average Bonchev–Trinajstić information content (AvgIpc) is 2.60. The molecule has 1 heterocycles. The molecule has 3 N–H and O–H groups in total. The number of hydrogen-bond acceptors (Lipinski definition) is 2. The van der Waals surface area contributed by atoms with Crippen LogP contribution in [0.1, 0.15) is 19.5 Å². The smallest absolute Gasteiger partial charge is 0.294 e. The minimum atomic E-state index is -0.579. The Labute approximate surface area is 115 Å². The molecule has 0 aliphatic rings. The molecule has 0 aliphatic carbocycles. The number of rotatable bonds is 3. The van der Waals surface area contributed by atoms with Gasteiger partial charge in [0.25, 0.3) is 5.56 Å². The lowest BCUT2D eigenvalue weighted by atomic mass is 10.1. The first-order chi connectivity index (χ1) is 8.90. The molecule has 0 saturated heterocycles. The Morgan fingerprint density at radius 3 is 2.74 bits per heavy atom. The topological polar surface area (TPSA) is 63.8 Å². The molecule has 0 aliphatic heterocycles. The Morgan fingerprint density at radius 1 is 1.47 bits per heavy atom. The quantitative estimate of drug-likeness (QED) is 0.910. The van der Waals surface area contributed by atoms with E-state index in [0.29, 0.717) is 23.7 Å². The van der Waals surface area contributed by atoms with Crippen molar-refractivity contribution in [2.75, 3.05) is 5.73 Å². The SMILES string of the molecule is CC(C)Cc1[nH]n(-c2ccc(Cl)c(F)c2)c(=O)c1N. The van der Waals surface area contributed by atoms with Crippen LogP contribution in [0.3, 0.4) is 0 Å². The van der Waals surface area contributed by atoms with E-state index < -0.39 is 5.82 Å². The summed E-state index contributed by atoms with van der Waals surface area (Å²) in [6.07, 6.45) is 0.657. The minimum absolute atomic E-state index is 0.0127. The van der Waals surface area contributed by atoms with Gasteiger partial charge in [-0.05, 0) is 24.5 Å². The lowest BCUT2D eigenvalue weighted by Crippen LogP contribution is -2.16.